The minimum atomic E-state index is -2.76. The van der Waals surface area contributed by atoms with Crippen LogP contribution in [0.5, 0.6) is 0 Å². The lowest BCUT2D eigenvalue weighted by atomic mass is 9.46. The van der Waals surface area contributed by atoms with E-state index >= 15 is 0 Å². The lowest BCUT2D eigenvalue weighted by molar-refractivity contribution is -0.179. The third kappa shape index (κ3) is 1.67. The summed E-state index contributed by atoms with van der Waals surface area (Å²) in [5, 5.41) is 5.68. The first-order valence-electron chi connectivity index (χ1n) is 7.55. The van der Waals surface area contributed by atoms with Gasteiger partial charge in [0, 0.05) is 30.4 Å². The minimum absolute atomic E-state index is 0.109. The fourth-order valence-corrected chi connectivity index (χ4v) is 4.61. The van der Waals surface area contributed by atoms with Crippen LogP contribution >= 0.6 is 0 Å². The molecule has 20 heavy (non-hydrogen) atoms. The molecule has 2 heterocycles. The normalized spacial score (nSPS) is 43.7. The van der Waals surface area contributed by atoms with E-state index in [0.717, 1.165) is 25.9 Å². The van der Waals surface area contributed by atoms with E-state index in [0.29, 0.717) is 12.0 Å². The highest BCUT2D eigenvalue weighted by Gasteiger charge is 2.67. The van der Waals surface area contributed by atoms with Gasteiger partial charge in [-0.05, 0) is 19.3 Å². The van der Waals surface area contributed by atoms with Crippen LogP contribution in [0.15, 0.2) is 0 Å². The number of hydrogen-bond donors (Lipinski definition) is 2. The van der Waals surface area contributed by atoms with Gasteiger partial charge >= 0.3 is 0 Å². The zero-order chi connectivity index (χ0) is 14.0. The maximum Gasteiger partial charge on any atom is 0.262 e. The molecular weight excluding hydrogens is 266 g/mol. The van der Waals surface area contributed by atoms with Gasteiger partial charge in [0.25, 0.3) is 5.92 Å². The molecule has 1 amide bonds. The van der Waals surface area contributed by atoms with Crippen LogP contribution in [-0.4, -0.2) is 43.2 Å². The van der Waals surface area contributed by atoms with Crippen LogP contribution in [0.4, 0.5) is 8.78 Å². The standard InChI is InChI=1S/C14H20F2N2O2/c15-14(16)6-9(17-7-14)12(19)18-10-8-2-5-20-11(8)13(10)3-1-4-13/h8-11,17H,1-7H2,(H,18,19). The van der Waals surface area contributed by atoms with Crippen molar-refractivity contribution in [3.05, 3.63) is 0 Å². The molecule has 4 unspecified atom stereocenters. The Balaban J connectivity index is 1.43. The van der Waals surface area contributed by atoms with E-state index in [4.69, 9.17) is 4.74 Å². The Kier molecular flexibility index (Phi) is 2.68. The lowest BCUT2D eigenvalue weighted by Crippen LogP contribution is -2.72. The van der Waals surface area contributed by atoms with Gasteiger partial charge in [0.1, 0.15) is 0 Å². The highest BCUT2D eigenvalue weighted by atomic mass is 19.3. The van der Waals surface area contributed by atoms with E-state index in [9.17, 15) is 13.6 Å². The van der Waals surface area contributed by atoms with Crippen LogP contribution < -0.4 is 10.6 Å². The molecule has 0 aromatic carbocycles. The molecule has 2 N–H and O–H groups in total. The summed E-state index contributed by atoms with van der Waals surface area (Å²) in [6.45, 7) is 0.374. The number of fused-ring (bicyclic) bond motifs is 2. The Morgan fingerprint density at radius 2 is 2.15 bits per heavy atom. The largest absolute Gasteiger partial charge is 0.377 e. The Labute approximate surface area is 116 Å². The molecule has 0 radical (unpaired) electrons. The SMILES string of the molecule is O=C(NC1C2CCOC2C12CCC2)C1CC(F)(F)CN1. The summed E-state index contributed by atoms with van der Waals surface area (Å²) in [6, 6.07) is -0.615. The van der Waals surface area contributed by atoms with Gasteiger partial charge in [-0.15, -0.1) is 0 Å². The van der Waals surface area contributed by atoms with Crippen molar-refractivity contribution in [2.75, 3.05) is 13.2 Å². The highest BCUT2D eigenvalue weighted by Crippen LogP contribution is 2.62. The van der Waals surface area contributed by atoms with Crippen molar-refractivity contribution in [1.29, 1.82) is 0 Å². The van der Waals surface area contributed by atoms with Gasteiger partial charge < -0.3 is 10.1 Å². The predicted octanol–water partition coefficient (Wildman–Crippen LogP) is 1.06. The van der Waals surface area contributed by atoms with E-state index < -0.39 is 18.5 Å². The molecule has 112 valence electrons. The van der Waals surface area contributed by atoms with E-state index in [-0.39, 0.29) is 23.8 Å². The van der Waals surface area contributed by atoms with Crippen molar-refractivity contribution in [2.45, 2.75) is 56.2 Å². The van der Waals surface area contributed by atoms with Crippen molar-refractivity contribution in [1.82, 2.24) is 10.6 Å². The summed E-state index contributed by atoms with van der Waals surface area (Å²) < 4.78 is 32.1. The first kappa shape index (κ1) is 13.0. The summed E-state index contributed by atoms with van der Waals surface area (Å²) in [7, 11) is 0. The van der Waals surface area contributed by atoms with Gasteiger partial charge in [0.15, 0.2) is 0 Å². The van der Waals surface area contributed by atoms with Gasteiger partial charge in [0.2, 0.25) is 5.91 Å². The summed E-state index contributed by atoms with van der Waals surface area (Å²) in [5.41, 5.74) is 0.109. The zero-order valence-corrected chi connectivity index (χ0v) is 11.3. The number of carbonyl (C=O) groups excluding carboxylic acids is 1. The second-order valence-electron chi connectivity index (χ2n) is 6.81. The number of hydrogen-bond acceptors (Lipinski definition) is 3. The minimum Gasteiger partial charge on any atom is -0.377 e. The molecule has 4 fully saturated rings. The van der Waals surface area contributed by atoms with E-state index in [1.54, 1.807) is 0 Å². The number of carbonyl (C=O) groups is 1. The van der Waals surface area contributed by atoms with Crippen LogP contribution in [-0.2, 0) is 9.53 Å². The average molecular weight is 286 g/mol. The number of ether oxygens (including phenoxy) is 1. The van der Waals surface area contributed by atoms with Crippen LogP contribution in [0.1, 0.15) is 32.1 Å². The molecular formula is C14H20F2N2O2. The zero-order valence-electron chi connectivity index (χ0n) is 11.3. The Morgan fingerprint density at radius 3 is 2.75 bits per heavy atom. The first-order chi connectivity index (χ1) is 9.52. The monoisotopic (exact) mass is 286 g/mol. The van der Waals surface area contributed by atoms with Crippen LogP contribution in [0.2, 0.25) is 0 Å². The van der Waals surface area contributed by atoms with Crippen LogP contribution in [0, 0.1) is 11.3 Å². The topological polar surface area (TPSA) is 50.4 Å². The molecule has 0 aromatic rings. The third-order valence-corrected chi connectivity index (χ3v) is 5.76. The van der Waals surface area contributed by atoms with Crippen molar-refractivity contribution < 1.29 is 18.3 Å². The average Bonchev–Trinajstić information content (AvgIpc) is 2.89. The number of nitrogens with one attached hydrogen (secondary N) is 2. The summed E-state index contributed by atoms with van der Waals surface area (Å²) in [4.78, 5) is 12.2. The second-order valence-corrected chi connectivity index (χ2v) is 6.81. The van der Waals surface area contributed by atoms with Crippen LogP contribution in [0.3, 0.4) is 0 Å². The third-order valence-electron chi connectivity index (χ3n) is 5.76. The maximum absolute atomic E-state index is 13.2. The van der Waals surface area contributed by atoms with Gasteiger partial charge in [-0.1, -0.05) is 6.42 Å². The molecule has 2 aliphatic heterocycles. The second kappa shape index (κ2) is 4.13. The molecule has 0 aromatic heterocycles. The van der Waals surface area contributed by atoms with Crippen molar-refractivity contribution in [2.24, 2.45) is 11.3 Å². The van der Waals surface area contributed by atoms with E-state index in [2.05, 4.69) is 10.6 Å². The van der Waals surface area contributed by atoms with Crippen LogP contribution in [0.25, 0.3) is 0 Å². The van der Waals surface area contributed by atoms with Crippen molar-refractivity contribution >= 4 is 5.91 Å². The molecule has 4 rings (SSSR count). The van der Waals surface area contributed by atoms with E-state index in [1.165, 1.54) is 6.42 Å². The summed E-state index contributed by atoms with van der Waals surface area (Å²) in [5.74, 6) is -2.63. The molecule has 2 saturated carbocycles. The number of halogens is 2. The Bertz CT molecular complexity index is 439. The molecule has 6 heteroatoms. The van der Waals surface area contributed by atoms with Gasteiger partial charge in [-0.3, -0.25) is 10.1 Å². The maximum atomic E-state index is 13.2. The molecule has 4 aliphatic rings. The smallest absolute Gasteiger partial charge is 0.262 e. The fourth-order valence-electron chi connectivity index (χ4n) is 4.61. The predicted molar refractivity (Wildman–Crippen MR) is 67.4 cm³/mol. The fraction of sp³-hybridized carbons (Fsp3) is 0.929. The molecule has 2 saturated heterocycles. The Morgan fingerprint density at radius 1 is 1.35 bits per heavy atom. The van der Waals surface area contributed by atoms with Gasteiger partial charge in [-0.2, -0.15) is 0 Å². The molecule has 1 spiro atoms. The Hall–Kier alpha value is -0.750. The van der Waals surface area contributed by atoms with Crippen molar-refractivity contribution in [3.8, 4) is 0 Å². The highest BCUT2D eigenvalue weighted by molar-refractivity contribution is 5.83. The van der Waals surface area contributed by atoms with Crippen molar-refractivity contribution in [3.63, 3.8) is 0 Å². The summed E-state index contributed by atoms with van der Waals surface area (Å²) in [6.07, 6.45) is 4.24. The molecule has 4 atom stereocenters. The number of rotatable bonds is 2. The number of alkyl halides is 2. The molecule has 0 bridgehead atoms. The van der Waals surface area contributed by atoms with E-state index in [1.807, 2.05) is 0 Å². The van der Waals surface area contributed by atoms with Gasteiger partial charge in [0.05, 0.1) is 18.7 Å². The quantitative estimate of drug-likeness (QED) is 0.798. The summed E-state index contributed by atoms with van der Waals surface area (Å²) >= 11 is 0. The van der Waals surface area contributed by atoms with Gasteiger partial charge in [-0.25, -0.2) is 8.78 Å². The number of amides is 1. The first-order valence-corrected chi connectivity index (χ1v) is 7.55. The lowest BCUT2D eigenvalue weighted by Gasteiger charge is -2.63. The molecule has 2 aliphatic carbocycles. The molecule has 4 nitrogen and oxygen atoms in total.